The molecule has 2 amide bonds. The highest BCUT2D eigenvalue weighted by molar-refractivity contribution is 5.88. The molecule has 0 aliphatic carbocycles. The zero-order chi connectivity index (χ0) is 22.9. The van der Waals surface area contributed by atoms with Crippen LogP contribution in [0.15, 0.2) is 78.9 Å². The van der Waals surface area contributed by atoms with Gasteiger partial charge in [-0.25, -0.2) is 4.39 Å². The van der Waals surface area contributed by atoms with Gasteiger partial charge in [-0.2, -0.15) is 0 Å². The largest absolute Gasteiger partial charge is 0.484 e. The number of nitrogens with one attached hydrogen (secondary N) is 1. The van der Waals surface area contributed by atoms with Gasteiger partial charge in [0, 0.05) is 25.6 Å². The fraction of sp³-hybridized carbons (Fsp3) is 0.231. The maximum atomic E-state index is 14.4. The highest BCUT2D eigenvalue weighted by atomic mass is 19.1. The lowest BCUT2D eigenvalue weighted by molar-refractivity contribution is -0.142. The van der Waals surface area contributed by atoms with Crippen molar-refractivity contribution in [2.24, 2.45) is 0 Å². The Morgan fingerprint density at radius 1 is 0.969 bits per heavy atom. The fourth-order valence-corrected chi connectivity index (χ4v) is 3.39. The number of amides is 2. The summed E-state index contributed by atoms with van der Waals surface area (Å²) in [7, 11) is 1.52. The smallest absolute Gasteiger partial charge is 0.261 e. The summed E-state index contributed by atoms with van der Waals surface area (Å²) >= 11 is 0. The molecule has 0 fully saturated rings. The highest BCUT2D eigenvalue weighted by Crippen LogP contribution is 2.18. The minimum absolute atomic E-state index is 0.0479. The number of nitrogens with zero attached hydrogens (tertiary/aromatic N) is 1. The molecular weight excluding hydrogens is 407 g/mol. The Balaban J connectivity index is 1.87. The summed E-state index contributed by atoms with van der Waals surface area (Å²) in [6.07, 6.45) is 0.297. The summed E-state index contributed by atoms with van der Waals surface area (Å²) in [5, 5.41) is 2.63. The number of benzene rings is 3. The van der Waals surface area contributed by atoms with Gasteiger partial charge in [-0.3, -0.25) is 9.59 Å². The summed E-state index contributed by atoms with van der Waals surface area (Å²) in [6.45, 7) is 1.65. The standard InChI is InChI=1S/C26H27FN2O3/c1-19-12-14-22(15-13-19)32-18-25(30)29(17-21-10-6-7-11-23(21)27)24(26(31)28-2)16-20-8-4-3-5-9-20/h3-15,24H,16-18H2,1-2H3,(H,28,31)/t24-/m1/s1. The molecule has 3 aromatic carbocycles. The van der Waals surface area contributed by atoms with E-state index in [1.165, 1.54) is 18.0 Å². The molecule has 1 atom stereocenters. The van der Waals surface area contributed by atoms with Crippen LogP contribution in [0, 0.1) is 12.7 Å². The summed E-state index contributed by atoms with van der Waals surface area (Å²) in [6, 6.07) is 22.2. The first kappa shape index (κ1) is 23.0. The van der Waals surface area contributed by atoms with Gasteiger partial charge in [0.15, 0.2) is 6.61 Å². The average molecular weight is 435 g/mol. The van der Waals surface area contributed by atoms with Crippen LogP contribution in [0.2, 0.25) is 0 Å². The van der Waals surface area contributed by atoms with Gasteiger partial charge in [0.1, 0.15) is 17.6 Å². The number of carbonyl (C=O) groups is 2. The second kappa shape index (κ2) is 11.1. The van der Waals surface area contributed by atoms with E-state index in [1.54, 1.807) is 30.3 Å². The average Bonchev–Trinajstić information content (AvgIpc) is 2.82. The Kier molecular flexibility index (Phi) is 7.97. The predicted molar refractivity (Wildman–Crippen MR) is 122 cm³/mol. The van der Waals surface area contributed by atoms with Crippen molar-refractivity contribution in [2.75, 3.05) is 13.7 Å². The predicted octanol–water partition coefficient (Wildman–Crippen LogP) is 3.90. The van der Waals surface area contributed by atoms with E-state index in [0.717, 1.165) is 11.1 Å². The molecule has 5 nitrogen and oxygen atoms in total. The molecule has 3 rings (SSSR count). The maximum Gasteiger partial charge on any atom is 0.261 e. The lowest BCUT2D eigenvalue weighted by Gasteiger charge is -2.31. The Morgan fingerprint density at radius 3 is 2.28 bits per heavy atom. The molecule has 0 radical (unpaired) electrons. The Morgan fingerprint density at radius 2 is 1.62 bits per heavy atom. The number of rotatable bonds is 9. The normalized spacial score (nSPS) is 11.5. The highest BCUT2D eigenvalue weighted by Gasteiger charge is 2.30. The number of carbonyl (C=O) groups excluding carboxylic acids is 2. The van der Waals surface area contributed by atoms with E-state index in [1.807, 2.05) is 49.4 Å². The van der Waals surface area contributed by atoms with E-state index in [-0.39, 0.29) is 19.1 Å². The van der Waals surface area contributed by atoms with Crippen molar-refractivity contribution in [2.45, 2.75) is 25.9 Å². The van der Waals surface area contributed by atoms with E-state index in [4.69, 9.17) is 4.74 Å². The molecule has 0 unspecified atom stereocenters. The van der Waals surface area contributed by atoms with Gasteiger partial charge in [-0.1, -0.05) is 66.2 Å². The molecule has 0 saturated carbocycles. The third-order valence-corrected chi connectivity index (χ3v) is 5.20. The molecular formula is C26H27FN2O3. The minimum Gasteiger partial charge on any atom is -0.484 e. The number of aryl methyl sites for hydroxylation is 1. The van der Waals surface area contributed by atoms with E-state index in [9.17, 15) is 14.0 Å². The van der Waals surface area contributed by atoms with Crippen LogP contribution in [0.3, 0.4) is 0 Å². The van der Waals surface area contributed by atoms with Gasteiger partial charge in [-0.15, -0.1) is 0 Å². The zero-order valence-corrected chi connectivity index (χ0v) is 18.3. The van der Waals surface area contributed by atoms with Gasteiger partial charge in [0.25, 0.3) is 5.91 Å². The van der Waals surface area contributed by atoms with Gasteiger partial charge < -0.3 is 15.0 Å². The molecule has 0 aliphatic rings. The molecule has 0 aromatic heterocycles. The quantitative estimate of drug-likeness (QED) is 0.556. The number of halogens is 1. The molecule has 0 aliphatic heterocycles. The van der Waals surface area contributed by atoms with Crippen LogP contribution >= 0.6 is 0 Å². The first-order valence-electron chi connectivity index (χ1n) is 10.5. The van der Waals surface area contributed by atoms with Crippen molar-refractivity contribution in [3.8, 4) is 5.75 Å². The van der Waals surface area contributed by atoms with Gasteiger partial charge >= 0.3 is 0 Å². The molecule has 0 bridgehead atoms. The SMILES string of the molecule is CNC(=O)[C@@H](Cc1ccccc1)N(Cc1ccccc1F)C(=O)COc1ccc(C)cc1. The van der Waals surface area contributed by atoms with Crippen LogP contribution in [0.4, 0.5) is 4.39 Å². The molecule has 0 spiro atoms. The van der Waals surface area contributed by atoms with Crippen molar-refractivity contribution >= 4 is 11.8 Å². The fourth-order valence-electron chi connectivity index (χ4n) is 3.39. The molecule has 0 heterocycles. The van der Waals surface area contributed by atoms with Gasteiger partial charge in [0.2, 0.25) is 5.91 Å². The molecule has 6 heteroatoms. The van der Waals surface area contributed by atoms with E-state index < -0.39 is 17.8 Å². The van der Waals surface area contributed by atoms with Crippen molar-refractivity contribution in [3.05, 3.63) is 101 Å². The summed E-state index contributed by atoms with van der Waals surface area (Å²) < 4.78 is 20.1. The van der Waals surface area contributed by atoms with Crippen LogP contribution in [0.1, 0.15) is 16.7 Å². The van der Waals surface area contributed by atoms with Crippen molar-refractivity contribution in [3.63, 3.8) is 0 Å². The summed E-state index contributed by atoms with van der Waals surface area (Å²) in [4.78, 5) is 27.4. The molecule has 0 saturated heterocycles. The van der Waals surface area contributed by atoms with E-state index >= 15 is 0 Å². The molecule has 166 valence electrons. The first-order valence-corrected chi connectivity index (χ1v) is 10.5. The zero-order valence-electron chi connectivity index (χ0n) is 18.3. The summed E-state index contributed by atoms with van der Waals surface area (Å²) in [5.41, 5.74) is 2.30. The number of hydrogen-bond acceptors (Lipinski definition) is 3. The lowest BCUT2D eigenvalue weighted by atomic mass is 10.0. The number of ether oxygens (including phenoxy) is 1. The van der Waals surface area contributed by atoms with E-state index in [2.05, 4.69) is 5.32 Å². The van der Waals surface area contributed by atoms with Crippen LogP contribution in [-0.2, 0) is 22.6 Å². The monoisotopic (exact) mass is 434 g/mol. The molecule has 3 aromatic rings. The van der Waals surface area contributed by atoms with Crippen LogP contribution in [-0.4, -0.2) is 36.4 Å². The Hall–Kier alpha value is -3.67. The second-order valence-corrected chi connectivity index (χ2v) is 7.53. The van der Waals surface area contributed by atoms with Gasteiger partial charge in [-0.05, 0) is 30.7 Å². The van der Waals surface area contributed by atoms with Crippen LogP contribution in [0.5, 0.6) is 5.75 Å². The van der Waals surface area contributed by atoms with Crippen molar-refractivity contribution in [1.82, 2.24) is 10.2 Å². The lowest BCUT2D eigenvalue weighted by Crippen LogP contribution is -2.51. The maximum absolute atomic E-state index is 14.4. The first-order chi connectivity index (χ1) is 15.5. The number of likely N-dealkylation sites (N-methyl/N-ethyl adjacent to an activating group) is 1. The van der Waals surface area contributed by atoms with Crippen LogP contribution < -0.4 is 10.1 Å². The Bertz CT molecular complexity index is 1040. The second-order valence-electron chi connectivity index (χ2n) is 7.53. The molecule has 1 N–H and O–H groups in total. The van der Waals surface area contributed by atoms with Crippen molar-refractivity contribution < 1.29 is 18.7 Å². The number of hydrogen-bond donors (Lipinski definition) is 1. The third kappa shape index (κ3) is 6.17. The van der Waals surface area contributed by atoms with Crippen LogP contribution in [0.25, 0.3) is 0 Å². The third-order valence-electron chi connectivity index (χ3n) is 5.20. The van der Waals surface area contributed by atoms with E-state index in [0.29, 0.717) is 17.7 Å². The summed E-state index contributed by atoms with van der Waals surface area (Å²) in [5.74, 6) is -0.610. The Labute approximate surface area is 187 Å². The minimum atomic E-state index is -0.823. The van der Waals surface area contributed by atoms with Crippen molar-refractivity contribution in [1.29, 1.82) is 0 Å². The topological polar surface area (TPSA) is 58.6 Å². The molecule has 32 heavy (non-hydrogen) atoms. The van der Waals surface area contributed by atoms with Gasteiger partial charge in [0.05, 0.1) is 0 Å².